The first-order valence-corrected chi connectivity index (χ1v) is 11.1. The summed E-state index contributed by atoms with van der Waals surface area (Å²) in [6.07, 6.45) is -10.6. The van der Waals surface area contributed by atoms with Crippen LogP contribution in [0, 0.1) is 0 Å². The Morgan fingerprint density at radius 1 is 0.733 bits per heavy atom. The molecular weight excluding hydrogens is 481 g/mol. The SMILES string of the molecule is NCCCCCCOP(=O)([O-])O[C@@H]1[C@H](O)[C@H](OP(=O)([O-])[O-])[C@@H](O)[C@H](O)[C@H]1O.[Na+].[Na+].[Na+]. The van der Waals surface area contributed by atoms with Gasteiger partial charge in [0.25, 0.3) is 7.82 Å². The van der Waals surface area contributed by atoms with E-state index in [2.05, 4.69) is 13.6 Å². The van der Waals surface area contributed by atoms with Crippen LogP contribution in [-0.4, -0.2) is 70.2 Å². The van der Waals surface area contributed by atoms with E-state index >= 15 is 0 Å². The Morgan fingerprint density at radius 3 is 1.67 bits per heavy atom. The first-order valence-electron chi connectivity index (χ1n) is 8.16. The molecule has 0 saturated heterocycles. The van der Waals surface area contributed by atoms with Gasteiger partial charge in [0, 0.05) is 0 Å². The Hall–Kier alpha value is 3.02. The molecule has 0 aromatic carbocycles. The normalized spacial score (nSPS) is 30.9. The number of nitrogens with two attached hydrogens (primary N) is 1. The van der Waals surface area contributed by atoms with Gasteiger partial charge in [0.2, 0.25) is 0 Å². The third kappa shape index (κ3) is 13.2. The summed E-state index contributed by atoms with van der Waals surface area (Å²) in [7, 11) is -10.8. The van der Waals surface area contributed by atoms with Crippen molar-refractivity contribution in [2.45, 2.75) is 62.3 Å². The fourth-order valence-corrected chi connectivity index (χ4v) is 4.04. The number of hydrogen-bond acceptors (Lipinski definition) is 13. The van der Waals surface area contributed by atoms with Crippen LogP contribution in [-0.2, 0) is 22.7 Å². The predicted octanol–water partition coefficient (Wildman–Crippen LogP) is -12.9. The van der Waals surface area contributed by atoms with E-state index in [1.165, 1.54) is 0 Å². The quantitative estimate of drug-likeness (QED) is 0.0997. The molecule has 0 spiro atoms. The van der Waals surface area contributed by atoms with E-state index in [-0.39, 0.29) is 95.3 Å². The van der Waals surface area contributed by atoms with Gasteiger partial charge >= 0.3 is 88.7 Å². The second kappa shape index (κ2) is 17.4. The van der Waals surface area contributed by atoms with Crippen molar-refractivity contribution in [3.05, 3.63) is 0 Å². The topological polar surface area (TPSA) is 238 Å². The maximum absolute atomic E-state index is 11.8. The van der Waals surface area contributed by atoms with Crippen molar-refractivity contribution in [1.29, 1.82) is 0 Å². The van der Waals surface area contributed by atoms with Gasteiger partial charge in [-0.15, -0.1) is 0 Å². The van der Waals surface area contributed by atoms with Crippen LogP contribution in [0.15, 0.2) is 0 Å². The standard InChI is InChI=1S/C12H27NO12P2.3Na/c13-5-3-1-2-4-6-23-27(21,22)25-12-9(16)7(14)8(15)11(10(12)17)24-26(18,19)20;;;/h7-12,14-17H,1-6,13H2,(H,21,22)(H2,18,19,20);;;/q;3*+1/p-3/t7-,8-,9+,10+,11+,12-;;;/m0.../s1. The molecule has 6 N–H and O–H groups in total. The van der Waals surface area contributed by atoms with E-state index in [0.717, 1.165) is 12.8 Å². The van der Waals surface area contributed by atoms with Gasteiger partial charge in [-0.3, -0.25) is 4.57 Å². The molecule has 0 aliphatic heterocycles. The van der Waals surface area contributed by atoms with Gasteiger partial charge in [0.1, 0.15) is 36.6 Å². The average Bonchev–Trinajstić information content (AvgIpc) is 2.56. The Kier molecular flexibility index (Phi) is 21.9. The number of aliphatic hydroxyl groups excluding tert-OH is 4. The van der Waals surface area contributed by atoms with E-state index in [0.29, 0.717) is 19.4 Å². The van der Waals surface area contributed by atoms with Gasteiger partial charge in [-0.25, -0.2) is 0 Å². The minimum Gasteiger partial charge on any atom is -0.790 e. The monoisotopic (exact) mass is 505 g/mol. The third-order valence-electron chi connectivity index (χ3n) is 3.90. The second-order valence-corrected chi connectivity index (χ2v) is 8.50. The fourth-order valence-electron chi connectivity index (χ4n) is 2.54. The fraction of sp³-hybridized carbons (Fsp3) is 1.00. The molecule has 18 heteroatoms. The van der Waals surface area contributed by atoms with E-state index in [1.807, 2.05) is 0 Å². The van der Waals surface area contributed by atoms with Crippen LogP contribution in [0.4, 0.5) is 0 Å². The van der Waals surface area contributed by atoms with Gasteiger partial charge in [0.15, 0.2) is 0 Å². The van der Waals surface area contributed by atoms with E-state index in [9.17, 15) is 44.2 Å². The van der Waals surface area contributed by atoms with Crippen LogP contribution in [0.1, 0.15) is 25.7 Å². The van der Waals surface area contributed by atoms with Gasteiger partial charge in [0.05, 0.1) is 14.4 Å². The molecule has 1 aliphatic carbocycles. The van der Waals surface area contributed by atoms with E-state index < -0.39 is 52.3 Å². The van der Waals surface area contributed by atoms with Crippen LogP contribution < -0.4 is 109 Å². The molecule has 0 heterocycles. The van der Waals surface area contributed by atoms with Crippen LogP contribution in [0.5, 0.6) is 0 Å². The zero-order valence-electron chi connectivity index (χ0n) is 17.2. The molecule has 7 atom stereocenters. The maximum Gasteiger partial charge on any atom is 1.00 e. The maximum atomic E-state index is 11.8. The van der Waals surface area contributed by atoms with Crippen LogP contribution >= 0.6 is 15.6 Å². The summed E-state index contributed by atoms with van der Waals surface area (Å²) in [5.74, 6) is 0. The Balaban J connectivity index is -0.00000243. The van der Waals surface area contributed by atoms with Crippen molar-refractivity contribution in [3.8, 4) is 0 Å². The number of unbranched alkanes of at least 4 members (excludes halogenated alkanes) is 3. The number of aliphatic hydroxyl groups is 4. The molecule has 0 radical (unpaired) electrons. The Morgan fingerprint density at radius 2 is 1.20 bits per heavy atom. The molecule has 1 rings (SSSR count). The number of rotatable bonds is 11. The Bertz CT molecular complexity index is 559. The smallest absolute Gasteiger partial charge is 0.790 e. The van der Waals surface area contributed by atoms with Crippen molar-refractivity contribution >= 4 is 15.6 Å². The van der Waals surface area contributed by atoms with Crippen molar-refractivity contribution in [2.75, 3.05) is 13.2 Å². The molecule has 1 saturated carbocycles. The van der Waals surface area contributed by atoms with Gasteiger partial charge in [-0.05, 0) is 19.4 Å². The van der Waals surface area contributed by atoms with Gasteiger partial charge < -0.3 is 59.0 Å². The zero-order chi connectivity index (χ0) is 20.8. The Labute approximate surface area is 240 Å². The summed E-state index contributed by atoms with van der Waals surface area (Å²) in [6, 6.07) is 0. The van der Waals surface area contributed by atoms with E-state index in [4.69, 9.17) is 5.73 Å². The van der Waals surface area contributed by atoms with Gasteiger partial charge in [-0.1, -0.05) is 12.8 Å². The summed E-state index contributed by atoms with van der Waals surface area (Å²) in [4.78, 5) is 33.3. The summed E-state index contributed by atoms with van der Waals surface area (Å²) in [5, 5.41) is 39.2. The van der Waals surface area contributed by atoms with Crippen molar-refractivity contribution < 1.29 is 146 Å². The molecule has 1 unspecified atom stereocenters. The number of phosphoric acid groups is 2. The first-order chi connectivity index (χ1) is 12.4. The average molecular weight is 505 g/mol. The van der Waals surface area contributed by atoms with Crippen LogP contribution in [0.3, 0.4) is 0 Å². The number of phosphoric ester groups is 2. The molecule has 1 aliphatic rings. The molecular formula is C12H24NNa3O12P2. The molecule has 0 aromatic rings. The largest absolute Gasteiger partial charge is 1.00 e. The van der Waals surface area contributed by atoms with Crippen molar-refractivity contribution in [2.24, 2.45) is 5.73 Å². The van der Waals surface area contributed by atoms with Crippen LogP contribution in [0.25, 0.3) is 0 Å². The van der Waals surface area contributed by atoms with Gasteiger partial charge in [-0.2, -0.15) is 0 Å². The minimum atomic E-state index is -5.72. The molecule has 1 fully saturated rings. The molecule has 0 aromatic heterocycles. The zero-order valence-corrected chi connectivity index (χ0v) is 25.0. The molecule has 0 bridgehead atoms. The first kappa shape index (κ1) is 37.6. The predicted molar refractivity (Wildman–Crippen MR) is 82.5 cm³/mol. The summed E-state index contributed by atoms with van der Waals surface area (Å²) in [5.41, 5.74) is 5.31. The summed E-state index contributed by atoms with van der Waals surface area (Å²) < 4.78 is 35.6. The van der Waals surface area contributed by atoms with E-state index in [1.54, 1.807) is 0 Å². The van der Waals surface area contributed by atoms with Crippen molar-refractivity contribution in [3.63, 3.8) is 0 Å². The molecule has 30 heavy (non-hydrogen) atoms. The van der Waals surface area contributed by atoms with Crippen LogP contribution in [0.2, 0.25) is 0 Å². The molecule has 0 amide bonds. The summed E-state index contributed by atoms with van der Waals surface area (Å²) in [6.45, 7) is 0.240. The minimum absolute atomic E-state index is 0. The second-order valence-electron chi connectivity index (χ2n) is 6.03. The number of hydrogen-bond donors (Lipinski definition) is 5. The molecule has 13 nitrogen and oxygen atoms in total. The van der Waals surface area contributed by atoms with Crippen molar-refractivity contribution in [1.82, 2.24) is 0 Å². The molecule has 162 valence electrons. The summed E-state index contributed by atoms with van der Waals surface area (Å²) >= 11 is 0. The third-order valence-corrected chi connectivity index (χ3v) is 5.40.